The van der Waals surface area contributed by atoms with Crippen LogP contribution in [0.4, 0.5) is 0 Å². The maximum Gasteiger partial charge on any atom is 0.101 e. The van der Waals surface area contributed by atoms with Crippen LogP contribution in [0.3, 0.4) is 0 Å². The van der Waals surface area contributed by atoms with E-state index in [-0.39, 0.29) is 0 Å². The van der Waals surface area contributed by atoms with Gasteiger partial charge in [-0.15, -0.1) is 0 Å². The number of nitrogens with zero attached hydrogens (tertiary/aromatic N) is 2. The zero-order valence-electron chi connectivity index (χ0n) is 23.8. The Morgan fingerprint density at radius 3 is 1.97 bits per heavy atom. The van der Waals surface area contributed by atoms with E-state index in [1.807, 2.05) is 0 Å². The summed E-state index contributed by atoms with van der Waals surface area (Å²) in [5.41, 5.74) is 6.74. The molecule has 4 aliphatic carbocycles. The molecule has 4 fully saturated rings. The first-order chi connectivity index (χ1) is 18.6. The predicted molar refractivity (Wildman–Crippen MR) is 157 cm³/mol. The molecule has 0 amide bonds. The Morgan fingerprint density at radius 1 is 0.737 bits per heavy atom. The summed E-state index contributed by atoms with van der Waals surface area (Å²) < 4.78 is 0. The molecule has 200 valence electrons. The molecule has 0 heterocycles. The first-order valence-electron chi connectivity index (χ1n) is 15.6. The van der Waals surface area contributed by atoms with Crippen molar-refractivity contribution in [3.8, 4) is 23.3 Å². The third-order valence-electron chi connectivity index (χ3n) is 11.0. The highest BCUT2D eigenvalue weighted by atomic mass is 14.5. The van der Waals surface area contributed by atoms with Crippen molar-refractivity contribution in [2.75, 3.05) is 0 Å². The Morgan fingerprint density at radius 2 is 1.39 bits per heavy atom. The first-order valence-corrected chi connectivity index (χ1v) is 15.6. The monoisotopic (exact) mass is 506 g/mol. The molecule has 6 rings (SSSR count). The van der Waals surface area contributed by atoms with Gasteiger partial charge in [0.25, 0.3) is 0 Å². The molecule has 2 aromatic carbocycles. The van der Waals surface area contributed by atoms with E-state index < -0.39 is 0 Å². The van der Waals surface area contributed by atoms with Crippen molar-refractivity contribution in [3.63, 3.8) is 0 Å². The normalized spacial score (nSPS) is 28.5. The van der Waals surface area contributed by atoms with Crippen LogP contribution in [0.25, 0.3) is 11.1 Å². The van der Waals surface area contributed by atoms with Crippen LogP contribution in [0.5, 0.6) is 0 Å². The molecule has 4 saturated carbocycles. The molecule has 0 saturated heterocycles. The summed E-state index contributed by atoms with van der Waals surface area (Å²) >= 11 is 0. The van der Waals surface area contributed by atoms with Crippen molar-refractivity contribution >= 4 is 0 Å². The van der Waals surface area contributed by atoms with Crippen molar-refractivity contribution in [1.82, 2.24) is 0 Å². The molecule has 38 heavy (non-hydrogen) atoms. The van der Waals surface area contributed by atoms with Gasteiger partial charge in [-0.25, -0.2) is 0 Å². The van der Waals surface area contributed by atoms with Crippen LogP contribution in [-0.2, 0) is 5.41 Å². The second-order valence-corrected chi connectivity index (χ2v) is 13.0. The summed E-state index contributed by atoms with van der Waals surface area (Å²) in [7, 11) is 0. The molecule has 0 unspecified atom stereocenters. The Balaban J connectivity index is 1.33. The number of hydrogen-bond donors (Lipinski definition) is 0. The van der Waals surface area contributed by atoms with E-state index in [0.29, 0.717) is 27.9 Å². The third-order valence-corrected chi connectivity index (χ3v) is 11.0. The maximum absolute atomic E-state index is 10.2. The van der Waals surface area contributed by atoms with Crippen molar-refractivity contribution in [3.05, 3.63) is 58.7 Å². The lowest BCUT2D eigenvalue weighted by molar-refractivity contribution is 0.0320. The van der Waals surface area contributed by atoms with E-state index in [1.54, 1.807) is 0 Å². The van der Waals surface area contributed by atoms with Crippen LogP contribution in [0, 0.1) is 34.0 Å². The number of nitriles is 2. The van der Waals surface area contributed by atoms with E-state index in [4.69, 9.17) is 0 Å². The lowest BCUT2D eigenvalue weighted by atomic mass is 9.51. The van der Waals surface area contributed by atoms with E-state index in [9.17, 15) is 10.5 Å². The summed E-state index contributed by atoms with van der Waals surface area (Å²) in [6, 6.07) is 18.3. The minimum atomic E-state index is 0.350. The quantitative estimate of drug-likeness (QED) is 0.318. The number of hydrogen-bond acceptors (Lipinski definition) is 2. The first kappa shape index (κ1) is 27.0. The Kier molecular flexibility index (Phi) is 8.29. The molecule has 0 N–H and O–H groups in total. The summed E-state index contributed by atoms with van der Waals surface area (Å²) in [6.07, 6.45) is 21.0. The smallest absolute Gasteiger partial charge is 0.101 e. The molecular weight excluding hydrogens is 460 g/mol. The average molecular weight is 507 g/mol. The van der Waals surface area contributed by atoms with E-state index in [1.165, 1.54) is 95.5 Å². The summed E-state index contributed by atoms with van der Waals surface area (Å²) in [5.74, 6) is 1.25. The fourth-order valence-corrected chi connectivity index (χ4v) is 8.49. The SMILES string of the molecule is CCCCC[C@H]1CC[C@H](c2ccc(-c3ccc(C45CCC(CCC)(CC4)CC5)cc3)c(C#N)c2C#N)CC1. The van der Waals surface area contributed by atoms with Gasteiger partial charge >= 0.3 is 0 Å². The fraction of sp³-hybridized carbons (Fsp3) is 0.611. The van der Waals surface area contributed by atoms with Gasteiger partial charge < -0.3 is 0 Å². The van der Waals surface area contributed by atoms with Gasteiger partial charge in [0.05, 0.1) is 11.1 Å². The minimum absolute atomic E-state index is 0.350. The van der Waals surface area contributed by atoms with Gasteiger partial charge in [-0.3, -0.25) is 0 Å². The van der Waals surface area contributed by atoms with E-state index in [2.05, 4.69) is 62.4 Å². The highest BCUT2D eigenvalue weighted by Crippen LogP contribution is 2.59. The number of fused-ring (bicyclic) bond motifs is 3. The van der Waals surface area contributed by atoms with Gasteiger partial charge in [0, 0.05) is 5.56 Å². The largest absolute Gasteiger partial charge is 0.192 e. The zero-order chi connectivity index (χ0) is 26.6. The Labute approximate surface area is 231 Å². The minimum Gasteiger partial charge on any atom is -0.192 e. The molecule has 0 atom stereocenters. The van der Waals surface area contributed by atoms with E-state index >= 15 is 0 Å². The molecule has 0 aliphatic heterocycles. The van der Waals surface area contributed by atoms with Gasteiger partial charge in [-0.05, 0) is 110 Å². The molecule has 2 aromatic rings. The van der Waals surface area contributed by atoms with Gasteiger partial charge in [0.15, 0.2) is 0 Å². The molecule has 0 aromatic heterocycles. The Bertz CT molecular complexity index is 1160. The second-order valence-electron chi connectivity index (χ2n) is 13.0. The van der Waals surface area contributed by atoms with Crippen LogP contribution in [-0.4, -0.2) is 0 Å². The lowest BCUT2D eigenvalue weighted by Crippen LogP contribution is -2.44. The lowest BCUT2D eigenvalue weighted by Gasteiger charge is -2.54. The molecule has 2 nitrogen and oxygen atoms in total. The summed E-state index contributed by atoms with van der Waals surface area (Å²) in [4.78, 5) is 0. The highest BCUT2D eigenvalue weighted by molar-refractivity contribution is 5.75. The second kappa shape index (κ2) is 11.7. The molecule has 4 aliphatic rings. The van der Waals surface area contributed by atoms with Crippen LogP contribution in [0.1, 0.15) is 145 Å². The topological polar surface area (TPSA) is 47.6 Å². The van der Waals surface area contributed by atoms with Crippen LogP contribution in [0.2, 0.25) is 0 Å². The van der Waals surface area contributed by atoms with E-state index in [0.717, 1.165) is 35.4 Å². The molecule has 0 spiro atoms. The number of rotatable bonds is 9. The Hall–Kier alpha value is -2.58. The van der Waals surface area contributed by atoms with Gasteiger partial charge in [0.1, 0.15) is 12.1 Å². The van der Waals surface area contributed by atoms with Crippen molar-refractivity contribution in [2.24, 2.45) is 11.3 Å². The molecule has 2 bridgehead atoms. The van der Waals surface area contributed by atoms with Crippen LogP contribution >= 0.6 is 0 Å². The van der Waals surface area contributed by atoms with Crippen molar-refractivity contribution in [2.45, 2.75) is 128 Å². The van der Waals surface area contributed by atoms with Gasteiger partial charge in [-0.1, -0.05) is 82.3 Å². The zero-order valence-corrected chi connectivity index (χ0v) is 23.8. The van der Waals surface area contributed by atoms with Gasteiger partial charge in [-0.2, -0.15) is 10.5 Å². The standard InChI is InChI=1S/C36H46N2/c1-3-5-6-7-27-8-10-28(11-9-27)31-16-17-32(34(26-38)33(31)25-37)29-12-14-30(15-13-29)36-22-19-35(18-4-2,20-23-36)21-24-36/h12-17,27-28H,3-11,18-24H2,1-2H3/t27-,28-,35?,36?. The van der Waals surface area contributed by atoms with Crippen molar-refractivity contribution in [1.29, 1.82) is 10.5 Å². The fourth-order valence-electron chi connectivity index (χ4n) is 8.49. The van der Waals surface area contributed by atoms with Crippen molar-refractivity contribution < 1.29 is 0 Å². The van der Waals surface area contributed by atoms with Crippen LogP contribution < -0.4 is 0 Å². The number of benzene rings is 2. The molecule has 2 heteroatoms. The highest BCUT2D eigenvalue weighted by Gasteiger charge is 2.48. The maximum atomic E-state index is 10.2. The average Bonchev–Trinajstić information content (AvgIpc) is 2.98. The summed E-state index contributed by atoms with van der Waals surface area (Å²) in [6.45, 7) is 4.61. The molecular formula is C36H46N2. The number of unbranched alkanes of at least 4 members (excludes halogenated alkanes) is 2. The molecule has 0 radical (unpaired) electrons. The van der Waals surface area contributed by atoms with Gasteiger partial charge in [0.2, 0.25) is 0 Å². The van der Waals surface area contributed by atoms with Crippen LogP contribution in [0.15, 0.2) is 36.4 Å². The third kappa shape index (κ3) is 5.17. The predicted octanol–water partition coefficient (Wildman–Crippen LogP) is 10.3. The summed E-state index contributed by atoms with van der Waals surface area (Å²) in [5, 5.41) is 20.4.